The van der Waals surface area contributed by atoms with Gasteiger partial charge in [-0.15, -0.1) is 22.0 Å². The lowest BCUT2D eigenvalue weighted by molar-refractivity contribution is -0.113. The zero-order valence-electron chi connectivity index (χ0n) is 17.0. The van der Waals surface area contributed by atoms with E-state index in [9.17, 15) is 4.79 Å². The number of aromatic nitrogens is 3. The Labute approximate surface area is 180 Å². The van der Waals surface area contributed by atoms with Gasteiger partial charge in [-0.05, 0) is 30.5 Å². The second-order valence-corrected chi connectivity index (χ2v) is 8.71. The van der Waals surface area contributed by atoms with E-state index in [0.29, 0.717) is 5.75 Å². The monoisotopic (exact) mass is 426 g/mol. The molecule has 5 nitrogen and oxygen atoms in total. The second-order valence-electron chi connectivity index (χ2n) is 6.78. The number of carbonyl (C=O) groups is 1. The van der Waals surface area contributed by atoms with Gasteiger partial charge in [0.15, 0.2) is 5.16 Å². The minimum absolute atomic E-state index is 0.0332. The van der Waals surface area contributed by atoms with Crippen molar-refractivity contribution in [3.05, 3.63) is 71.0 Å². The number of benzene rings is 2. The summed E-state index contributed by atoms with van der Waals surface area (Å²) in [5.41, 5.74) is 4.60. The number of para-hydroxylation sites is 1. The molecule has 0 bridgehead atoms. The molecular weight excluding hydrogens is 400 g/mol. The Morgan fingerprint density at radius 1 is 1.07 bits per heavy atom. The molecule has 0 spiro atoms. The maximum absolute atomic E-state index is 12.3. The number of nitrogens with one attached hydrogen (secondary N) is 1. The fourth-order valence-electron chi connectivity index (χ4n) is 2.81. The van der Waals surface area contributed by atoms with Gasteiger partial charge in [0.05, 0.1) is 11.5 Å². The molecule has 1 N–H and O–H groups in total. The Morgan fingerprint density at radius 3 is 2.59 bits per heavy atom. The van der Waals surface area contributed by atoms with Crippen LogP contribution in [0.5, 0.6) is 0 Å². The number of aryl methyl sites for hydroxylation is 2. The molecule has 7 heteroatoms. The third-order valence-corrected chi connectivity index (χ3v) is 6.57. The maximum Gasteiger partial charge on any atom is 0.234 e. The fraction of sp³-hybridized carbons (Fsp3) is 0.318. The molecule has 1 aromatic heterocycles. The summed E-state index contributed by atoms with van der Waals surface area (Å²) in [5.74, 6) is 2.92. The lowest BCUT2D eigenvalue weighted by Crippen LogP contribution is -2.15. The summed E-state index contributed by atoms with van der Waals surface area (Å²) in [6.45, 7) is 4.18. The quantitative estimate of drug-likeness (QED) is 0.496. The Kier molecular flexibility index (Phi) is 7.77. The van der Waals surface area contributed by atoms with Crippen molar-refractivity contribution in [2.75, 3.05) is 11.1 Å². The van der Waals surface area contributed by atoms with E-state index in [-0.39, 0.29) is 5.91 Å². The Hall–Kier alpha value is -2.25. The number of amides is 1. The van der Waals surface area contributed by atoms with Crippen LogP contribution in [0.25, 0.3) is 0 Å². The Bertz CT molecular complexity index is 954. The van der Waals surface area contributed by atoms with Crippen molar-refractivity contribution in [1.82, 2.24) is 14.8 Å². The molecule has 152 valence electrons. The number of hydrogen-bond donors (Lipinski definition) is 1. The summed E-state index contributed by atoms with van der Waals surface area (Å²) in [6, 6.07) is 16.5. The van der Waals surface area contributed by atoms with Crippen molar-refractivity contribution < 1.29 is 4.79 Å². The maximum atomic E-state index is 12.3. The van der Waals surface area contributed by atoms with Crippen molar-refractivity contribution in [3.8, 4) is 0 Å². The van der Waals surface area contributed by atoms with Gasteiger partial charge in [0.2, 0.25) is 5.91 Å². The zero-order valence-corrected chi connectivity index (χ0v) is 18.6. The van der Waals surface area contributed by atoms with E-state index in [2.05, 4.69) is 53.6 Å². The fourth-order valence-corrected chi connectivity index (χ4v) is 4.50. The third-order valence-electron chi connectivity index (χ3n) is 4.55. The van der Waals surface area contributed by atoms with Crippen LogP contribution in [0.2, 0.25) is 0 Å². The molecule has 0 aliphatic carbocycles. The first-order chi connectivity index (χ1) is 14.1. The summed E-state index contributed by atoms with van der Waals surface area (Å²) in [7, 11) is 1.95. The van der Waals surface area contributed by atoms with Gasteiger partial charge in [0.25, 0.3) is 0 Å². The smallest absolute Gasteiger partial charge is 0.234 e. The van der Waals surface area contributed by atoms with E-state index >= 15 is 0 Å². The molecule has 3 aromatic rings. The zero-order chi connectivity index (χ0) is 20.6. The third kappa shape index (κ3) is 6.11. The van der Waals surface area contributed by atoms with Crippen LogP contribution in [0.15, 0.2) is 53.7 Å². The summed E-state index contributed by atoms with van der Waals surface area (Å²) in [4.78, 5) is 12.3. The molecule has 0 aliphatic heterocycles. The topological polar surface area (TPSA) is 59.8 Å². The molecule has 3 rings (SSSR count). The van der Waals surface area contributed by atoms with Gasteiger partial charge < -0.3 is 9.88 Å². The highest BCUT2D eigenvalue weighted by atomic mass is 32.2. The van der Waals surface area contributed by atoms with Crippen molar-refractivity contribution in [3.63, 3.8) is 0 Å². The predicted molar refractivity (Wildman–Crippen MR) is 122 cm³/mol. The van der Waals surface area contributed by atoms with Gasteiger partial charge >= 0.3 is 0 Å². The minimum Gasteiger partial charge on any atom is -0.325 e. The molecule has 1 amide bonds. The van der Waals surface area contributed by atoms with Crippen LogP contribution in [0.4, 0.5) is 5.69 Å². The average Bonchev–Trinajstić information content (AvgIpc) is 3.08. The van der Waals surface area contributed by atoms with Crippen LogP contribution >= 0.6 is 23.5 Å². The van der Waals surface area contributed by atoms with Crippen LogP contribution < -0.4 is 5.32 Å². The van der Waals surface area contributed by atoms with E-state index in [1.54, 1.807) is 0 Å². The summed E-state index contributed by atoms with van der Waals surface area (Å²) < 4.78 is 1.97. The minimum atomic E-state index is -0.0332. The Balaban J connectivity index is 1.48. The van der Waals surface area contributed by atoms with Gasteiger partial charge in [-0.3, -0.25) is 4.79 Å². The van der Waals surface area contributed by atoms with Crippen molar-refractivity contribution in [2.45, 2.75) is 36.9 Å². The molecule has 0 fully saturated rings. The molecule has 0 atom stereocenters. The number of hydrogen-bond acceptors (Lipinski definition) is 5. The van der Waals surface area contributed by atoms with Crippen molar-refractivity contribution in [1.29, 1.82) is 0 Å². The van der Waals surface area contributed by atoms with Gasteiger partial charge in [0, 0.05) is 18.5 Å². The first-order valence-electron chi connectivity index (χ1n) is 9.59. The van der Waals surface area contributed by atoms with Gasteiger partial charge in [-0.25, -0.2) is 0 Å². The van der Waals surface area contributed by atoms with Crippen LogP contribution in [0, 0.1) is 6.92 Å². The molecule has 0 aliphatic rings. The van der Waals surface area contributed by atoms with Crippen LogP contribution in [0.1, 0.15) is 29.4 Å². The molecule has 0 unspecified atom stereocenters. The number of thioether (sulfide) groups is 2. The van der Waals surface area contributed by atoms with E-state index in [0.717, 1.165) is 40.2 Å². The highest BCUT2D eigenvalue weighted by Crippen LogP contribution is 2.22. The number of rotatable bonds is 9. The first kappa shape index (κ1) is 21.5. The van der Waals surface area contributed by atoms with E-state index < -0.39 is 0 Å². The normalized spacial score (nSPS) is 10.9. The predicted octanol–water partition coefficient (Wildman–Crippen LogP) is 4.85. The summed E-state index contributed by atoms with van der Waals surface area (Å²) in [6.07, 6.45) is 0.885. The molecule has 2 aromatic carbocycles. The first-order valence-corrected chi connectivity index (χ1v) is 11.7. The largest absolute Gasteiger partial charge is 0.325 e. The molecule has 0 saturated carbocycles. The van der Waals surface area contributed by atoms with E-state index in [1.807, 2.05) is 47.6 Å². The van der Waals surface area contributed by atoms with Crippen LogP contribution in [-0.2, 0) is 29.8 Å². The second kappa shape index (κ2) is 10.5. The average molecular weight is 427 g/mol. The Morgan fingerprint density at radius 2 is 1.83 bits per heavy atom. The van der Waals surface area contributed by atoms with Gasteiger partial charge in [-0.2, -0.15) is 0 Å². The highest BCUT2D eigenvalue weighted by molar-refractivity contribution is 7.99. The number of anilines is 1. The molecule has 0 saturated heterocycles. The molecule has 29 heavy (non-hydrogen) atoms. The summed E-state index contributed by atoms with van der Waals surface area (Å²) in [5, 5.41) is 12.3. The van der Waals surface area contributed by atoms with Crippen LogP contribution in [0.3, 0.4) is 0 Å². The molecule has 0 radical (unpaired) electrons. The van der Waals surface area contributed by atoms with Crippen molar-refractivity contribution >= 4 is 35.1 Å². The van der Waals surface area contributed by atoms with E-state index in [4.69, 9.17) is 0 Å². The standard InChI is InChI=1S/C22H26N4OS2/c1-4-18-7-5-6-8-19(18)23-21(27)15-29-22-25-24-20(26(22)3)14-28-13-17-11-9-16(2)10-12-17/h5-12H,4,13-15H2,1-3H3,(H,23,27). The SMILES string of the molecule is CCc1ccccc1NC(=O)CSc1nnc(CSCc2ccc(C)cc2)n1C. The summed E-state index contributed by atoms with van der Waals surface area (Å²) >= 11 is 3.22. The molecular formula is C22H26N4OS2. The molecule has 1 heterocycles. The lowest BCUT2D eigenvalue weighted by atomic mass is 10.1. The number of nitrogens with zero attached hydrogens (tertiary/aromatic N) is 3. The van der Waals surface area contributed by atoms with Gasteiger partial charge in [0.1, 0.15) is 5.82 Å². The number of carbonyl (C=O) groups excluding carboxylic acids is 1. The lowest BCUT2D eigenvalue weighted by Gasteiger charge is -2.09. The van der Waals surface area contributed by atoms with Crippen molar-refractivity contribution in [2.24, 2.45) is 7.05 Å². The van der Waals surface area contributed by atoms with E-state index in [1.165, 1.54) is 22.9 Å². The van der Waals surface area contributed by atoms with Crippen LogP contribution in [-0.4, -0.2) is 26.4 Å². The highest BCUT2D eigenvalue weighted by Gasteiger charge is 2.12. The van der Waals surface area contributed by atoms with Gasteiger partial charge in [-0.1, -0.05) is 66.7 Å².